The van der Waals surface area contributed by atoms with Crippen LogP contribution < -0.4 is 10.1 Å². The predicted molar refractivity (Wildman–Crippen MR) is 121 cm³/mol. The van der Waals surface area contributed by atoms with Crippen LogP contribution in [0, 0.1) is 5.92 Å². The molecule has 1 saturated heterocycles. The highest BCUT2D eigenvalue weighted by Crippen LogP contribution is 2.36. The van der Waals surface area contributed by atoms with Crippen molar-refractivity contribution in [1.82, 2.24) is 15.1 Å². The molecule has 1 aliphatic carbocycles. The zero-order valence-electron chi connectivity index (χ0n) is 19.0. The van der Waals surface area contributed by atoms with Crippen molar-refractivity contribution < 1.29 is 31.5 Å². The molecular formula is C23H27F2N3O5S. The Labute approximate surface area is 196 Å². The largest absolute Gasteiger partial charge is 0.435 e. The average Bonchev–Trinajstić information content (AvgIpc) is 3.23. The summed E-state index contributed by atoms with van der Waals surface area (Å²) in [5, 5.41) is 7.35. The second kappa shape index (κ2) is 9.09. The van der Waals surface area contributed by atoms with E-state index in [1.165, 1.54) is 23.7 Å². The van der Waals surface area contributed by atoms with Crippen LogP contribution in [0.25, 0.3) is 11.3 Å². The van der Waals surface area contributed by atoms with Crippen molar-refractivity contribution in [3.05, 3.63) is 35.5 Å². The fourth-order valence-electron chi connectivity index (χ4n) is 4.93. The van der Waals surface area contributed by atoms with Crippen molar-refractivity contribution >= 4 is 21.7 Å². The van der Waals surface area contributed by atoms with Gasteiger partial charge in [-0.3, -0.25) is 9.59 Å². The van der Waals surface area contributed by atoms with E-state index in [2.05, 4.69) is 15.2 Å². The van der Waals surface area contributed by atoms with Crippen molar-refractivity contribution in [2.75, 3.05) is 11.5 Å². The number of halogens is 2. The Morgan fingerprint density at radius 2 is 2.12 bits per heavy atom. The van der Waals surface area contributed by atoms with Crippen LogP contribution in [-0.2, 0) is 27.5 Å². The Morgan fingerprint density at radius 3 is 2.76 bits per heavy atom. The minimum atomic E-state index is -3.14. The van der Waals surface area contributed by atoms with Crippen molar-refractivity contribution in [3.63, 3.8) is 0 Å². The lowest BCUT2D eigenvalue weighted by atomic mass is 9.83. The minimum Gasteiger partial charge on any atom is -0.435 e. The number of carbonyl (C=O) groups excluding carboxylic acids is 2. The normalized spacial score (nSPS) is 23.5. The van der Waals surface area contributed by atoms with Crippen LogP contribution in [0.5, 0.6) is 5.75 Å². The molecule has 2 aliphatic rings. The number of alkyl halides is 2. The lowest BCUT2D eigenvalue weighted by Gasteiger charge is -2.27. The van der Waals surface area contributed by atoms with E-state index in [0.29, 0.717) is 42.6 Å². The molecule has 1 aromatic heterocycles. The van der Waals surface area contributed by atoms with Crippen LogP contribution in [0.3, 0.4) is 0 Å². The third kappa shape index (κ3) is 5.29. The van der Waals surface area contributed by atoms with E-state index in [9.17, 15) is 26.8 Å². The van der Waals surface area contributed by atoms with Crippen molar-refractivity contribution in [3.8, 4) is 17.0 Å². The first kappa shape index (κ1) is 24.3. The average molecular weight is 496 g/mol. The second-order valence-electron chi connectivity index (χ2n) is 9.37. The van der Waals surface area contributed by atoms with Crippen LogP contribution in [0.15, 0.2) is 24.3 Å². The summed E-state index contributed by atoms with van der Waals surface area (Å²) in [6.07, 6.45) is 2.31. The first-order valence-electron chi connectivity index (χ1n) is 11.1. The second-order valence-corrected chi connectivity index (χ2v) is 11.6. The standard InChI is InChI=1S/C23H27F2N3O5S/c1-14(29)28-19-10-15(11-20(30)26-23(2)8-9-34(31,32)13-23)6-7-18(19)21(27-28)16-4-3-5-17(12-16)33-22(24)25/h3-5,12,15,22H,6-11,13H2,1-2H3,(H,26,30)/t15?,23-/m0/s1. The van der Waals surface area contributed by atoms with Crippen molar-refractivity contribution in [1.29, 1.82) is 0 Å². The van der Waals surface area contributed by atoms with Gasteiger partial charge in [-0.15, -0.1) is 0 Å². The van der Waals surface area contributed by atoms with Gasteiger partial charge in [-0.05, 0) is 50.7 Å². The summed E-state index contributed by atoms with van der Waals surface area (Å²) in [6, 6.07) is 6.21. The van der Waals surface area contributed by atoms with Gasteiger partial charge in [-0.1, -0.05) is 12.1 Å². The third-order valence-electron chi connectivity index (χ3n) is 6.42. The molecule has 34 heavy (non-hydrogen) atoms. The Bertz CT molecular complexity index is 1230. The fraction of sp³-hybridized carbons (Fsp3) is 0.522. The number of hydrogen-bond acceptors (Lipinski definition) is 6. The molecule has 11 heteroatoms. The lowest BCUT2D eigenvalue weighted by molar-refractivity contribution is -0.123. The third-order valence-corrected chi connectivity index (χ3v) is 8.33. The number of amides is 1. The summed E-state index contributed by atoms with van der Waals surface area (Å²) in [6.45, 7) is 0.195. The summed E-state index contributed by atoms with van der Waals surface area (Å²) < 4.78 is 54.7. The number of rotatable bonds is 6. The maximum Gasteiger partial charge on any atom is 0.387 e. The van der Waals surface area contributed by atoms with Gasteiger partial charge in [0, 0.05) is 24.5 Å². The number of carbonyl (C=O) groups is 2. The molecule has 1 aromatic carbocycles. The molecule has 2 heterocycles. The van der Waals surface area contributed by atoms with Gasteiger partial charge in [0.15, 0.2) is 9.84 Å². The van der Waals surface area contributed by atoms with Crippen molar-refractivity contribution in [2.45, 2.75) is 58.1 Å². The highest BCUT2D eigenvalue weighted by Gasteiger charge is 2.40. The number of hydrogen-bond donors (Lipinski definition) is 1. The molecule has 1 amide bonds. The van der Waals surface area contributed by atoms with Crippen LogP contribution in [-0.4, -0.2) is 53.7 Å². The van der Waals surface area contributed by atoms with E-state index >= 15 is 0 Å². The SMILES string of the molecule is CC(=O)n1nc(-c2cccc(OC(F)F)c2)c2c1CC(CC(=O)N[C@@]1(C)CCS(=O)(=O)C1)CC2. The molecule has 184 valence electrons. The Balaban J connectivity index is 1.52. The minimum absolute atomic E-state index is 0.00593. The molecule has 1 unspecified atom stereocenters. The molecule has 0 saturated carbocycles. The molecular weight excluding hydrogens is 468 g/mol. The number of sulfone groups is 1. The number of aromatic nitrogens is 2. The van der Waals surface area contributed by atoms with Gasteiger partial charge in [-0.25, -0.2) is 13.1 Å². The van der Waals surface area contributed by atoms with Gasteiger partial charge < -0.3 is 10.1 Å². The van der Waals surface area contributed by atoms with Crippen LogP contribution in [0.2, 0.25) is 0 Å². The van der Waals surface area contributed by atoms with E-state index in [4.69, 9.17) is 0 Å². The van der Waals surface area contributed by atoms with Gasteiger partial charge in [0.05, 0.1) is 28.4 Å². The zero-order chi connectivity index (χ0) is 24.7. The smallest absolute Gasteiger partial charge is 0.387 e. The summed E-state index contributed by atoms with van der Waals surface area (Å²) in [5.41, 5.74) is 1.92. The number of nitrogens with zero attached hydrogens (tertiary/aromatic N) is 2. The van der Waals surface area contributed by atoms with E-state index in [1.54, 1.807) is 19.1 Å². The Morgan fingerprint density at radius 1 is 1.35 bits per heavy atom. The van der Waals surface area contributed by atoms with E-state index in [0.717, 1.165) is 5.56 Å². The van der Waals surface area contributed by atoms with Gasteiger partial charge >= 0.3 is 6.61 Å². The van der Waals surface area contributed by atoms with Crippen LogP contribution in [0.1, 0.15) is 49.2 Å². The molecule has 4 rings (SSSR count). The monoisotopic (exact) mass is 495 g/mol. The van der Waals surface area contributed by atoms with Crippen molar-refractivity contribution in [2.24, 2.45) is 5.92 Å². The van der Waals surface area contributed by atoms with Crippen LogP contribution >= 0.6 is 0 Å². The first-order valence-corrected chi connectivity index (χ1v) is 13.0. The first-order chi connectivity index (χ1) is 15.9. The molecule has 1 N–H and O–H groups in total. The molecule has 0 radical (unpaired) electrons. The molecule has 1 aliphatic heterocycles. The predicted octanol–water partition coefficient (Wildman–Crippen LogP) is 3.00. The van der Waals surface area contributed by atoms with Gasteiger partial charge in [-0.2, -0.15) is 13.9 Å². The van der Waals surface area contributed by atoms with E-state index in [-0.39, 0.29) is 41.4 Å². The van der Waals surface area contributed by atoms with Gasteiger partial charge in [0.2, 0.25) is 11.8 Å². The summed E-state index contributed by atoms with van der Waals surface area (Å²) in [4.78, 5) is 25.0. The quantitative estimate of drug-likeness (QED) is 0.660. The Hall–Kier alpha value is -2.82. The summed E-state index contributed by atoms with van der Waals surface area (Å²) in [5.74, 6) is -0.511. The highest BCUT2D eigenvalue weighted by atomic mass is 32.2. The van der Waals surface area contributed by atoms with Crippen LogP contribution in [0.4, 0.5) is 8.78 Å². The van der Waals surface area contributed by atoms with E-state index in [1.807, 2.05) is 0 Å². The van der Waals surface area contributed by atoms with Gasteiger partial charge in [0.1, 0.15) is 5.75 Å². The molecule has 0 bridgehead atoms. The maximum atomic E-state index is 12.7. The fourth-order valence-corrected chi connectivity index (χ4v) is 7.02. The maximum absolute atomic E-state index is 12.7. The summed E-state index contributed by atoms with van der Waals surface area (Å²) in [7, 11) is -3.14. The van der Waals surface area contributed by atoms with Gasteiger partial charge in [0.25, 0.3) is 0 Å². The molecule has 8 nitrogen and oxygen atoms in total. The molecule has 2 aromatic rings. The molecule has 2 atom stereocenters. The Kier molecular flexibility index (Phi) is 6.50. The molecule has 0 spiro atoms. The lowest BCUT2D eigenvalue weighted by Crippen LogP contribution is -2.47. The summed E-state index contributed by atoms with van der Waals surface area (Å²) >= 11 is 0. The zero-order valence-corrected chi connectivity index (χ0v) is 19.8. The number of fused-ring (bicyclic) bond motifs is 1. The number of nitrogens with one attached hydrogen (secondary N) is 1. The number of ether oxygens (including phenoxy) is 1. The van der Waals surface area contributed by atoms with E-state index < -0.39 is 22.0 Å². The molecule has 1 fully saturated rings. The highest BCUT2D eigenvalue weighted by molar-refractivity contribution is 7.91. The number of benzene rings is 1. The topological polar surface area (TPSA) is 107 Å².